The van der Waals surface area contributed by atoms with Crippen molar-refractivity contribution < 1.29 is 28.7 Å². The van der Waals surface area contributed by atoms with E-state index in [2.05, 4.69) is 17.6 Å². The maximum absolute atomic E-state index is 14.3. The first-order valence-electron chi connectivity index (χ1n) is 14.4. The van der Waals surface area contributed by atoms with Gasteiger partial charge < -0.3 is 30.7 Å². The molecule has 4 amide bonds. The van der Waals surface area contributed by atoms with Gasteiger partial charge in [0.2, 0.25) is 11.8 Å². The first-order chi connectivity index (χ1) is 19.9. The van der Waals surface area contributed by atoms with Gasteiger partial charge in [-0.1, -0.05) is 50.5 Å². The number of aryl methyl sites for hydroxylation is 1. The van der Waals surface area contributed by atoms with E-state index in [0.717, 1.165) is 24.8 Å². The van der Waals surface area contributed by atoms with Crippen molar-refractivity contribution in [3.63, 3.8) is 0 Å². The third-order valence-electron chi connectivity index (χ3n) is 6.60. The molecule has 0 saturated carbocycles. The number of unbranched alkanes of at least 4 members (excludes halogenated alkanes) is 3. The predicted molar refractivity (Wildman–Crippen MR) is 163 cm³/mol. The Morgan fingerprint density at radius 3 is 2.21 bits per heavy atom. The van der Waals surface area contributed by atoms with Crippen molar-refractivity contribution >= 4 is 29.5 Å². The Bertz CT molecular complexity index is 1190. The van der Waals surface area contributed by atoms with Crippen molar-refractivity contribution in [3.05, 3.63) is 59.7 Å². The predicted octanol–water partition coefficient (Wildman–Crippen LogP) is 5.25. The monoisotopic (exact) mass is 582 g/mol. The lowest BCUT2D eigenvalue weighted by molar-refractivity contribution is -0.141. The van der Waals surface area contributed by atoms with Crippen LogP contribution >= 0.6 is 0 Å². The number of benzene rings is 2. The van der Waals surface area contributed by atoms with E-state index in [1.165, 1.54) is 4.90 Å². The molecule has 0 fully saturated rings. The summed E-state index contributed by atoms with van der Waals surface area (Å²) in [7, 11) is 1.56. The normalized spacial score (nSPS) is 12.5. The van der Waals surface area contributed by atoms with Crippen molar-refractivity contribution in [2.45, 2.75) is 90.8 Å². The molecule has 230 valence electrons. The summed E-state index contributed by atoms with van der Waals surface area (Å²) in [6, 6.07) is 12.1. The van der Waals surface area contributed by atoms with E-state index in [-0.39, 0.29) is 19.4 Å². The van der Waals surface area contributed by atoms with Crippen LogP contribution in [0.4, 0.5) is 10.5 Å². The zero-order valence-electron chi connectivity index (χ0n) is 25.7. The Morgan fingerprint density at radius 2 is 1.64 bits per heavy atom. The summed E-state index contributed by atoms with van der Waals surface area (Å²) in [6.07, 6.45) is 2.48. The van der Waals surface area contributed by atoms with Gasteiger partial charge in [0.05, 0.1) is 7.11 Å². The molecule has 2 aromatic rings. The largest absolute Gasteiger partial charge is 0.497 e. The fourth-order valence-electron chi connectivity index (χ4n) is 4.50. The molecular formula is C32H46N4O6. The minimum atomic E-state index is -1.14. The number of carbonyl (C=O) groups is 4. The molecule has 42 heavy (non-hydrogen) atoms. The molecule has 0 aliphatic rings. The number of nitrogens with two attached hydrogens (primary N) is 1. The molecule has 2 unspecified atom stereocenters. The van der Waals surface area contributed by atoms with Crippen LogP contribution in [0.15, 0.2) is 48.5 Å². The van der Waals surface area contributed by atoms with Crippen molar-refractivity contribution in [3.8, 4) is 5.75 Å². The molecular weight excluding hydrogens is 536 g/mol. The summed E-state index contributed by atoms with van der Waals surface area (Å²) in [5, 5.41) is 5.57. The summed E-state index contributed by atoms with van der Waals surface area (Å²) in [5.41, 5.74) is 6.62. The number of alkyl carbamates (subject to hydrolysis) is 1. The van der Waals surface area contributed by atoms with Gasteiger partial charge in [0.1, 0.15) is 23.4 Å². The van der Waals surface area contributed by atoms with E-state index in [1.54, 1.807) is 52.1 Å². The second-order valence-electron chi connectivity index (χ2n) is 11.3. The highest BCUT2D eigenvalue weighted by Gasteiger charge is 2.37. The number of nitrogens with one attached hydrogen (secondary N) is 2. The molecule has 4 N–H and O–H groups in total. The number of ether oxygens (including phenoxy) is 2. The molecule has 10 nitrogen and oxygen atoms in total. The quantitative estimate of drug-likeness (QED) is 0.245. The highest BCUT2D eigenvalue weighted by Crippen LogP contribution is 2.28. The van der Waals surface area contributed by atoms with E-state index >= 15 is 0 Å². The minimum absolute atomic E-state index is 0.0422. The van der Waals surface area contributed by atoms with Gasteiger partial charge in [-0.25, -0.2) is 4.79 Å². The molecule has 0 radical (unpaired) electrons. The van der Waals surface area contributed by atoms with Crippen LogP contribution in [-0.4, -0.2) is 54.0 Å². The zero-order chi connectivity index (χ0) is 31.3. The number of carbonyl (C=O) groups excluding carboxylic acids is 4. The van der Waals surface area contributed by atoms with Gasteiger partial charge in [-0.3, -0.25) is 14.4 Å². The average molecular weight is 583 g/mol. The molecule has 0 saturated heterocycles. The van der Waals surface area contributed by atoms with Crippen LogP contribution in [0.25, 0.3) is 0 Å². The first kappa shape index (κ1) is 34.1. The Hall–Kier alpha value is -4.08. The van der Waals surface area contributed by atoms with Crippen molar-refractivity contribution in [2.75, 3.05) is 19.0 Å². The molecule has 2 atom stereocenters. The molecule has 2 rings (SSSR count). The van der Waals surface area contributed by atoms with E-state index < -0.39 is 41.5 Å². The van der Waals surface area contributed by atoms with Crippen LogP contribution in [0.5, 0.6) is 5.75 Å². The van der Waals surface area contributed by atoms with Crippen molar-refractivity contribution in [1.82, 2.24) is 10.2 Å². The average Bonchev–Trinajstić information content (AvgIpc) is 2.92. The van der Waals surface area contributed by atoms with Crippen molar-refractivity contribution in [1.29, 1.82) is 0 Å². The second-order valence-corrected chi connectivity index (χ2v) is 11.3. The Morgan fingerprint density at radius 1 is 0.976 bits per heavy atom. The third kappa shape index (κ3) is 11.1. The standard InChI is InChI=1S/C32H46N4O6/c1-7-8-9-12-21-36(30(39)26(19-20-27(33)37)35-31(40)42-32(3,4)5)28(25-14-11-10-13-22(25)2)29(38)34-23-15-17-24(41-6)18-16-23/h10-11,13-18,26,28H,7-9,12,19-21H2,1-6H3,(H2,33,37)(H,34,38)(H,35,40). The number of hydrogen-bond donors (Lipinski definition) is 3. The maximum Gasteiger partial charge on any atom is 0.408 e. The lowest BCUT2D eigenvalue weighted by atomic mass is 9.97. The fourth-order valence-corrected chi connectivity index (χ4v) is 4.50. The summed E-state index contributed by atoms with van der Waals surface area (Å²) in [4.78, 5) is 54.3. The Balaban J connectivity index is 2.55. The third-order valence-corrected chi connectivity index (χ3v) is 6.60. The Kier molecular flexibility index (Phi) is 13.3. The van der Waals surface area contributed by atoms with Gasteiger partial charge >= 0.3 is 6.09 Å². The number of amides is 4. The molecule has 0 heterocycles. The number of primary amides is 1. The fraction of sp³-hybridized carbons (Fsp3) is 0.500. The van der Waals surface area contributed by atoms with Crippen LogP contribution in [-0.2, 0) is 19.1 Å². The molecule has 0 aromatic heterocycles. The molecule has 0 bridgehead atoms. The van der Waals surface area contributed by atoms with Crippen LogP contribution in [0, 0.1) is 6.92 Å². The van der Waals surface area contributed by atoms with Crippen LogP contribution in [0.3, 0.4) is 0 Å². The highest BCUT2D eigenvalue weighted by molar-refractivity contribution is 5.99. The summed E-state index contributed by atoms with van der Waals surface area (Å²) < 4.78 is 10.6. The summed E-state index contributed by atoms with van der Waals surface area (Å²) in [6.45, 7) is 9.37. The molecule has 0 spiro atoms. The van der Waals surface area contributed by atoms with E-state index in [4.69, 9.17) is 15.2 Å². The number of rotatable bonds is 15. The van der Waals surface area contributed by atoms with Gasteiger partial charge in [0.25, 0.3) is 5.91 Å². The highest BCUT2D eigenvalue weighted by atomic mass is 16.6. The van der Waals surface area contributed by atoms with Gasteiger partial charge in [-0.15, -0.1) is 0 Å². The number of anilines is 1. The molecule has 2 aromatic carbocycles. The van der Waals surface area contributed by atoms with Crippen LogP contribution < -0.4 is 21.1 Å². The van der Waals surface area contributed by atoms with Gasteiger partial charge in [0.15, 0.2) is 0 Å². The molecule has 10 heteroatoms. The number of nitrogens with zero attached hydrogens (tertiary/aromatic N) is 1. The lowest BCUT2D eigenvalue weighted by Gasteiger charge is -2.35. The molecule has 0 aliphatic carbocycles. The lowest BCUT2D eigenvalue weighted by Crippen LogP contribution is -2.53. The summed E-state index contributed by atoms with van der Waals surface area (Å²) in [5.74, 6) is -0.886. The van der Waals surface area contributed by atoms with Crippen LogP contribution in [0.2, 0.25) is 0 Å². The zero-order valence-corrected chi connectivity index (χ0v) is 25.7. The molecule has 0 aliphatic heterocycles. The summed E-state index contributed by atoms with van der Waals surface area (Å²) >= 11 is 0. The number of methoxy groups -OCH3 is 1. The Labute approximate surface area is 249 Å². The van der Waals surface area contributed by atoms with Crippen LogP contribution in [0.1, 0.15) is 83.4 Å². The van der Waals surface area contributed by atoms with Gasteiger partial charge in [0, 0.05) is 18.7 Å². The van der Waals surface area contributed by atoms with E-state index in [9.17, 15) is 19.2 Å². The SMILES string of the molecule is CCCCCCN(C(=O)C(CCC(N)=O)NC(=O)OC(C)(C)C)C(C(=O)Nc1ccc(OC)cc1)c1ccccc1C. The first-order valence-corrected chi connectivity index (χ1v) is 14.4. The minimum Gasteiger partial charge on any atom is -0.497 e. The number of hydrogen-bond acceptors (Lipinski definition) is 6. The second kappa shape index (κ2) is 16.4. The van der Waals surface area contributed by atoms with E-state index in [0.29, 0.717) is 23.4 Å². The topological polar surface area (TPSA) is 140 Å². The van der Waals surface area contributed by atoms with Crippen molar-refractivity contribution in [2.24, 2.45) is 5.73 Å². The van der Waals surface area contributed by atoms with Gasteiger partial charge in [-0.2, -0.15) is 0 Å². The van der Waals surface area contributed by atoms with Gasteiger partial charge in [-0.05, 0) is 75.9 Å². The van der Waals surface area contributed by atoms with E-state index in [1.807, 2.05) is 31.2 Å². The smallest absolute Gasteiger partial charge is 0.408 e. The maximum atomic E-state index is 14.3.